The maximum absolute atomic E-state index is 12.2. The minimum absolute atomic E-state index is 0.0544. The molecule has 0 N–H and O–H groups in total. The summed E-state index contributed by atoms with van der Waals surface area (Å²) < 4.78 is 13.5. The molecule has 32 heavy (non-hydrogen) atoms. The van der Waals surface area contributed by atoms with E-state index in [1.54, 1.807) is 24.9 Å². The molecular weight excluding hydrogens is 402 g/mol. The normalized spacial score (nSPS) is 13.9. The molecule has 1 aromatic heterocycles. The van der Waals surface area contributed by atoms with Crippen molar-refractivity contribution in [2.24, 2.45) is 18.0 Å². The molecule has 0 bridgehead atoms. The lowest BCUT2D eigenvalue weighted by Gasteiger charge is -2.22. The number of hydrogen-bond acceptors (Lipinski definition) is 5. The van der Waals surface area contributed by atoms with Crippen LogP contribution in [-0.4, -0.2) is 35.3 Å². The summed E-state index contributed by atoms with van der Waals surface area (Å²) >= 11 is 0. The molecule has 0 fully saturated rings. The summed E-state index contributed by atoms with van der Waals surface area (Å²) in [5.41, 5.74) is 4.69. The van der Waals surface area contributed by atoms with Crippen molar-refractivity contribution < 1.29 is 14.3 Å². The van der Waals surface area contributed by atoms with Crippen LogP contribution >= 0.6 is 0 Å². The van der Waals surface area contributed by atoms with Crippen molar-refractivity contribution in [2.45, 2.75) is 66.6 Å². The molecule has 0 aliphatic rings. The van der Waals surface area contributed by atoms with Crippen LogP contribution in [-0.2, 0) is 26.7 Å². The van der Waals surface area contributed by atoms with E-state index in [-0.39, 0.29) is 17.3 Å². The van der Waals surface area contributed by atoms with Gasteiger partial charge in [0.05, 0.1) is 5.69 Å². The van der Waals surface area contributed by atoms with E-state index in [0.29, 0.717) is 12.2 Å². The second-order valence-corrected chi connectivity index (χ2v) is 9.53. The number of nitrogens with zero attached hydrogens (tertiary/aromatic N) is 3. The minimum atomic E-state index is -0.763. The number of aryl methyl sites for hydroxylation is 2. The summed E-state index contributed by atoms with van der Waals surface area (Å²) in [5, 5.41) is 4.47. The third kappa shape index (κ3) is 6.81. The molecule has 0 amide bonds. The molecule has 0 aliphatic carbocycles. The van der Waals surface area contributed by atoms with Crippen molar-refractivity contribution in [2.75, 3.05) is 7.05 Å². The topological polar surface area (TPSA) is 65.7 Å². The Kier molecular flexibility index (Phi) is 8.42. The first kappa shape index (κ1) is 25.4. The fraction of sp³-hybridized carbons (Fsp3) is 0.500. The maximum Gasteiger partial charge on any atom is 0.309 e. The number of carbonyl (C=O) groups is 1. The molecule has 1 unspecified atom stereocenters. The first-order chi connectivity index (χ1) is 14.9. The summed E-state index contributed by atoms with van der Waals surface area (Å²) in [6, 6.07) is 10.3. The smallest absolute Gasteiger partial charge is 0.309 e. The van der Waals surface area contributed by atoms with Crippen LogP contribution in [0.5, 0.6) is 0 Å². The highest BCUT2D eigenvalue weighted by atomic mass is 16.7. The third-order valence-electron chi connectivity index (χ3n) is 4.96. The summed E-state index contributed by atoms with van der Waals surface area (Å²) in [4.78, 5) is 16.5. The van der Waals surface area contributed by atoms with Crippen LogP contribution in [0.25, 0.3) is 11.3 Å². The Morgan fingerprint density at radius 2 is 1.78 bits per heavy atom. The second-order valence-electron chi connectivity index (χ2n) is 9.53. The first-order valence-electron chi connectivity index (χ1n) is 11.1. The SMILES string of the molecule is C/N=C\C(=C(\OC(C)OC(=O)CC(C)C)c1cc(C)nn1C)c1ccc(C(C)(C)C)cc1. The van der Waals surface area contributed by atoms with Gasteiger partial charge in [-0.3, -0.25) is 14.5 Å². The standard InChI is InChI=1S/C26H37N3O3/c1-17(2)14-24(30)31-19(4)32-25(23-15-18(3)28-29(23)9)22(16-27-8)20-10-12-21(13-11-20)26(5,6)7/h10-13,15-17,19H,14H2,1-9H3/b25-22-,27-16-. The Morgan fingerprint density at radius 1 is 1.16 bits per heavy atom. The van der Waals surface area contributed by atoms with Crippen LogP contribution in [0, 0.1) is 12.8 Å². The Morgan fingerprint density at radius 3 is 2.25 bits per heavy atom. The summed E-state index contributed by atoms with van der Waals surface area (Å²) in [6.07, 6.45) is 1.35. The quantitative estimate of drug-likeness (QED) is 0.234. The lowest BCUT2D eigenvalue weighted by Crippen LogP contribution is -2.20. The fourth-order valence-corrected chi connectivity index (χ4v) is 3.38. The van der Waals surface area contributed by atoms with Crippen LogP contribution < -0.4 is 0 Å². The number of hydrogen-bond donors (Lipinski definition) is 0. The molecule has 0 saturated carbocycles. The number of ether oxygens (including phenoxy) is 2. The van der Waals surface area contributed by atoms with Gasteiger partial charge in [0.15, 0.2) is 5.76 Å². The molecule has 6 nitrogen and oxygen atoms in total. The van der Waals surface area contributed by atoms with E-state index >= 15 is 0 Å². The number of aromatic nitrogens is 2. The van der Waals surface area contributed by atoms with Crippen molar-refractivity contribution in [3.8, 4) is 0 Å². The molecule has 2 aromatic rings. The third-order valence-corrected chi connectivity index (χ3v) is 4.96. The monoisotopic (exact) mass is 439 g/mol. The number of benzene rings is 1. The summed E-state index contributed by atoms with van der Waals surface area (Å²) in [6.45, 7) is 14.2. The maximum atomic E-state index is 12.2. The van der Waals surface area contributed by atoms with Crippen LogP contribution in [0.15, 0.2) is 35.3 Å². The molecule has 1 atom stereocenters. The zero-order chi connectivity index (χ0) is 24.1. The average molecular weight is 440 g/mol. The van der Waals surface area contributed by atoms with Crippen molar-refractivity contribution in [3.05, 3.63) is 52.8 Å². The van der Waals surface area contributed by atoms with Gasteiger partial charge in [0, 0.05) is 39.2 Å². The van der Waals surface area contributed by atoms with Gasteiger partial charge in [-0.05, 0) is 35.4 Å². The zero-order valence-electron chi connectivity index (χ0n) is 20.9. The van der Waals surface area contributed by atoms with Crippen molar-refractivity contribution in [1.29, 1.82) is 0 Å². The van der Waals surface area contributed by atoms with Gasteiger partial charge in [-0.25, -0.2) is 0 Å². The number of rotatable bonds is 8. The van der Waals surface area contributed by atoms with Gasteiger partial charge in [-0.2, -0.15) is 5.10 Å². The van der Waals surface area contributed by atoms with E-state index in [4.69, 9.17) is 9.47 Å². The highest BCUT2D eigenvalue weighted by molar-refractivity contribution is 6.18. The Balaban J connectivity index is 2.55. The fourth-order valence-electron chi connectivity index (χ4n) is 3.38. The molecule has 0 radical (unpaired) electrons. The Hall–Kier alpha value is -2.89. The van der Waals surface area contributed by atoms with Crippen molar-refractivity contribution in [1.82, 2.24) is 9.78 Å². The molecule has 1 heterocycles. The van der Waals surface area contributed by atoms with Gasteiger partial charge in [-0.1, -0.05) is 58.9 Å². The van der Waals surface area contributed by atoms with E-state index in [2.05, 4.69) is 55.1 Å². The number of carbonyl (C=O) groups excluding carboxylic acids is 1. The highest BCUT2D eigenvalue weighted by Gasteiger charge is 2.22. The van der Waals surface area contributed by atoms with Gasteiger partial charge >= 0.3 is 5.97 Å². The van der Waals surface area contributed by atoms with E-state index in [0.717, 1.165) is 22.5 Å². The lowest BCUT2D eigenvalue weighted by molar-refractivity contribution is -0.165. The second kappa shape index (κ2) is 10.6. The number of allylic oxidation sites excluding steroid dienone is 1. The van der Waals surface area contributed by atoms with E-state index < -0.39 is 6.29 Å². The largest absolute Gasteiger partial charge is 0.452 e. The van der Waals surface area contributed by atoms with Crippen LogP contribution in [0.4, 0.5) is 0 Å². The van der Waals surface area contributed by atoms with Crippen molar-refractivity contribution >= 4 is 23.5 Å². The highest BCUT2D eigenvalue weighted by Crippen LogP contribution is 2.30. The van der Waals surface area contributed by atoms with Crippen LogP contribution in [0.1, 0.15) is 70.5 Å². The molecule has 0 saturated heterocycles. The minimum Gasteiger partial charge on any atom is -0.452 e. The number of aliphatic imine (C=N–C) groups is 1. The predicted octanol–water partition coefficient (Wildman–Crippen LogP) is 5.55. The Bertz CT molecular complexity index is 977. The van der Waals surface area contributed by atoms with Gasteiger partial charge < -0.3 is 9.47 Å². The Labute approximate surface area is 192 Å². The van der Waals surface area contributed by atoms with Crippen LogP contribution in [0.2, 0.25) is 0 Å². The van der Waals surface area contributed by atoms with E-state index in [1.165, 1.54) is 5.56 Å². The predicted molar refractivity (Wildman–Crippen MR) is 130 cm³/mol. The molecule has 2 rings (SSSR count). The molecule has 174 valence electrons. The molecule has 0 spiro atoms. The average Bonchev–Trinajstić information content (AvgIpc) is 3.01. The van der Waals surface area contributed by atoms with Crippen molar-refractivity contribution in [3.63, 3.8) is 0 Å². The summed E-state index contributed by atoms with van der Waals surface area (Å²) in [7, 11) is 3.59. The van der Waals surface area contributed by atoms with E-state index in [1.807, 2.05) is 33.9 Å². The molecule has 0 aliphatic heterocycles. The zero-order valence-corrected chi connectivity index (χ0v) is 20.9. The summed E-state index contributed by atoms with van der Waals surface area (Å²) in [5.74, 6) is 0.494. The molecular formula is C26H37N3O3. The van der Waals surface area contributed by atoms with Gasteiger partial charge in [-0.15, -0.1) is 0 Å². The van der Waals surface area contributed by atoms with Crippen LogP contribution in [0.3, 0.4) is 0 Å². The molecule has 6 heteroatoms. The van der Waals surface area contributed by atoms with Gasteiger partial charge in [0.1, 0.15) is 5.69 Å². The number of esters is 1. The van der Waals surface area contributed by atoms with Gasteiger partial charge in [0.25, 0.3) is 0 Å². The molecule has 1 aromatic carbocycles. The van der Waals surface area contributed by atoms with E-state index in [9.17, 15) is 4.79 Å². The lowest BCUT2D eigenvalue weighted by atomic mass is 9.86. The van der Waals surface area contributed by atoms with Gasteiger partial charge in [0.2, 0.25) is 6.29 Å². The first-order valence-corrected chi connectivity index (χ1v) is 11.1.